The van der Waals surface area contributed by atoms with Crippen molar-refractivity contribution < 1.29 is 4.79 Å². The van der Waals surface area contributed by atoms with Crippen LogP contribution < -0.4 is 5.32 Å². The van der Waals surface area contributed by atoms with Crippen LogP contribution in [-0.2, 0) is 4.79 Å². The Bertz CT molecular complexity index is 86.9. The van der Waals surface area contributed by atoms with Crippen molar-refractivity contribution in [2.24, 2.45) is 0 Å². The lowest BCUT2D eigenvalue weighted by molar-refractivity contribution is -0.120. The van der Waals surface area contributed by atoms with E-state index in [1.807, 2.05) is 13.8 Å². The van der Waals surface area contributed by atoms with E-state index in [1.54, 1.807) is 6.92 Å². The van der Waals surface area contributed by atoms with Crippen LogP contribution in [0.3, 0.4) is 0 Å². The highest BCUT2D eigenvalue weighted by Gasteiger charge is 2.19. The molecule has 1 heterocycles. The van der Waals surface area contributed by atoms with Gasteiger partial charge in [-0.2, -0.15) is 0 Å². The molecule has 1 rings (SSSR count). The molecule has 1 N–H and O–H groups in total. The van der Waals surface area contributed by atoms with Crippen molar-refractivity contribution in [1.29, 1.82) is 0 Å². The van der Waals surface area contributed by atoms with Crippen LogP contribution in [0.4, 0.5) is 0 Å². The zero-order valence-corrected chi connectivity index (χ0v) is 6.40. The Morgan fingerprint density at radius 2 is 2.00 bits per heavy atom. The molecular weight excluding hydrogens is 114 g/mol. The van der Waals surface area contributed by atoms with Crippen molar-refractivity contribution in [1.82, 2.24) is 5.32 Å². The van der Waals surface area contributed by atoms with Crippen molar-refractivity contribution in [2.45, 2.75) is 33.2 Å². The topological polar surface area (TPSA) is 29.1 Å². The number of carbonyl (C=O) groups is 1. The smallest absolute Gasteiger partial charge is 0.146 e. The predicted octanol–water partition coefficient (Wildman–Crippen LogP) is 0.964. The molecular formula is C7H15NO. The lowest BCUT2D eigenvalue weighted by atomic mass is 10.0. The average Bonchev–Trinajstić information content (AvgIpc) is 1.65. The summed E-state index contributed by atoms with van der Waals surface area (Å²) in [4.78, 5) is 10.4. The van der Waals surface area contributed by atoms with E-state index >= 15 is 0 Å². The molecule has 1 aliphatic heterocycles. The van der Waals surface area contributed by atoms with Crippen LogP contribution >= 0.6 is 0 Å². The Hall–Kier alpha value is -0.370. The molecule has 0 aromatic rings. The maximum Gasteiger partial charge on any atom is 0.146 e. The Kier molecular flexibility index (Phi) is 4.32. The Balaban J connectivity index is 0.000000291. The number of hydrogen-bond acceptors (Lipinski definition) is 2. The van der Waals surface area contributed by atoms with Gasteiger partial charge >= 0.3 is 0 Å². The summed E-state index contributed by atoms with van der Waals surface area (Å²) >= 11 is 0. The Morgan fingerprint density at radius 1 is 1.56 bits per heavy atom. The quantitative estimate of drug-likeness (QED) is 0.571. The van der Waals surface area contributed by atoms with Crippen LogP contribution in [-0.4, -0.2) is 18.4 Å². The third kappa shape index (κ3) is 2.61. The van der Waals surface area contributed by atoms with Gasteiger partial charge in [0.15, 0.2) is 0 Å². The fraction of sp³-hybridized carbons (Fsp3) is 0.857. The molecule has 2 nitrogen and oxygen atoms in total. The first kappa shape index (κ1) is 8.63. The van der Waals surface area contributed by atoms with Gasteiger partial charge in [-0.3, -0.25) is 4.79 Å². The van der Waals surface area contributed by atoms with E-state index in [0.29, 0.717) is 0 Å². The van der Waals surface area contributed by atoms with Gasteiger partial charge in [0.2, 0.25) is 0 Å². The van der Waals surface area contributed by atoms with Crippen LogP contribution in [0.2, 0.25) is 0 Å². The minimum atomic E-state index is 0.194. The fourth-order valence-corrected chi connectivity index (χ4v) is 0.636. The Labute approximate surface area is 56.6 Å². The van der Waals surface area contributed by atoms with Gasteiger partial charge < -0.3 is 5.32 Å². The van der Waals surface area contributed by atoms with Gasteiger partial charge in [0.1, 0.15) is 5.78 Å². The van der Waals surface area contributed by atoms with Gasteiger partial charge in [-0.15, -0.1) is 0 Å². The van der Waals surface area contributed by atoms with Gasteiger partial charge in [0, 0.05) is 0 Å². The highest BCUT2D eigenvalue weighted by atomic mass is 16.1. The van der Waals surface area contributed by atoms with Crippen LogP contribution in [0.15, 0.2) is 0 Å². The van der Waals surface area contributed by atoms with Crippen molar-refractivity contribution in [3.05, 3.63) is 0 Å². The number of carbonyl (C=O) groups excluding carboxylic acids is 1. The van der Waals surface area contributed by atoms with Crippen LogP contribution in [0.25, 0.3) is 0 Å². The van der Waals surface area contributed by atoms with Gasteiger partial charge in [-0.05, 0) is 19.9 Å². The number of ketones is 1. The molecule has 1 atom stereocenters. The molecule has 1 aliphatic rings. The van der Waals surface area contributed by atoms with Gasteiger partial charge in [0.05, 0.1) is 6.04 Å². The second-order valence-electron chi connectivity index (χ2n) is 1.91. The van der Waals surface area contributed by atoms with E-state index in [9.17, 15) is 4.79 Å². The average molecular weight is 129 g/mol. The van der Waals surface area contributed by atoms with E-state index in [1.165, 1.54) is 0 Å². The highest BCUT2D eigenvalue weighted by molar-refractivity contribution is 5.82. The minimum Gasteiger partial charge on any atom is -0.307 e. The van der Waals surface area contributed by atoms with Gasteiger partial charge in [-0.25, -0.2) is 0 Å². The SMILES string of the molecule is CC.CC(=O)C1CCN1. The van der Waals surface area contributed by atoms with Crippen molar-refractivity contribution >= 4 is 5.78 Å². The maximum atomic E-state index is 10.4. The standard InChI is InChI=1S/C5H9NO.C2H6/c1-4(7)5-2-3-6-5;1-2/h5-6H,2-3H2,1H3;1-2H3. The molecule has 0 saturated carbocycles. The molecule has 1 unspecified atom stereocenters. The van der Waals surface area contributed by atoms with Gasteiger partial charge in [0.25, 0.3) is 0 Å². The summed E-state index contributed by atoms with van der Waals surface area (Å²) in [5.41, 5.74) is 0. The molecule has 9 heavy (non-hydrogen) atoms. The molecule has 0 aromatic heterocycles. The summed E-state index contributed by atoms with van der Waals surface area (Å²) in [5.74, 6) is 0.270. The third-order valence-corrected chi connectivity index (χ3v) is 1.31. The van der Waals surface area contributed by atoms with E-state index in [4.69, 9.17) is 0 Å². The molecule has 1 saturated heterocycles. The normalized spacial score (nSPS) is 23.2. The van der Waals surface area contributed by atoms with Crippen molar-refractivity contribution in [3.8, 4) is 0 Å². The first-order chi connectivity index (χ1) is 4.30. The molecule has 0 bridgehead atoms. The highest BCUT2D eigenvalue weighted by Crippen LogP contribution is 2.00. The zero-order valence-electron chi connectivity index (χ0n) is 6.40. The van der Waals surface area contributed by atoms with Crippen LogP contribution in [0, 0.1) is 0 Å². The summed E-state index contributed by atoms with van der Waals surface area (Å²) in [6.07, 6.45) is 1.04. The molecule has 0 amide bonds. The number of hydrogen-bond donors (Lipinski definition) is 1. The van der Waals surface area contributed by atoms with E-state index in [-0.39, 0.29) is 11.8 Å². The number of Topliss-reactive ketones (excluding diaryl/α,β-unsaturated/α-hetero) is 1. The van der Waals surface area contributed by atoms with E-state index in [2.05, 4.69) is 5.32 Å². The first-order valence-electron chi connectivity index (χ1n) is 3.54. The molecule has 0 aromatic carbocycles. The zero-order chi connectivity index (χ0) is 7.28. The Morgan fingerprint density at radius 3 is 2.00 bits per heavy atom. The predicted molar refractivity (Wildman–Crippen MR) is 38.4 cm³/mol. The lowest BCUT2D eigenvalue weighted by Crippen LogP contribution is -2.47. The van der Waals surface area contributed by atoms with Crippen molar-refractivity contribution in [2.75, 3.05) is 6.54 Å². The summed E-state index contributed by atoms with van der Waals surface area (Å²) < 4.78 is 0. The van der Waals surface area contributed by atoms with Crippen LogP contribution in [0.5, 0.6) is 0 Å². The second kappa shape index (κ2) is 4.50. The van der Waals surface area contributed by atoms with Crippen molar-refractivity contribution in [3.63, 3.8) is 0 Å². The lowest BCUT2D eigenvalue weighted by Gasteiger charge is -2.24. The fourth-order valence-electron chi connectivity index (χ4n) is 0.636. The van der Waals surface area contributed by atoms with Crippen LogP contribution in [0.1, 0.15) is 27.2 Å². The summed E-state index contributed by atoms with van der Waals surface area (Å²) in [5, 5.41) is 3.00. The molecule has 1 fully saturated rings. The number of rotatable bonds is 1. The minimum absolute atomic E-state index is 0.194. The summed E-state index contributed by atoms with van der Waals surface area (Å²) in [6, 6.07) is 0.194. The third-order valence-electron chi connectivity index (χ3n) is 1.31. The monoisotopic (exact) mass is 129 g/mol. The largest absolute Gasteiger partial charge is 0.307 e. The molecule has 54 valence electrons. The first-order valence-corrected chi connectivity index (χ1v) is 3.54. The summed E-state index contributed by atoms with van der Waals surface area (Å²) in [6.45, 7) is 6.64. The molecule has 0 spiro atoms. The van der Waals surface area contributed by atoms with E-state index < -0.39 is 0 Å². The summed E-state index contributed by atoms with van der Waals surface area (Å²) in [7, 11) is 0. The number of nitrogens with one attached hydrogen (secondary N) is 1. The van der Waals surface area contributed by atoms with Gasteiger partial charge in [-0.1, -0.05) is 13.8 Å². The van der Waals surface area contributed by atoms with E-state index in [0.717, 1.165) is 13.0 Å². The molecule has 0 aliphatic carbocycles. The second-order valence-corrected chi connectivity index (χ2v) is 1.91. The molecule has 2 heteroatoms. The molecule has 0 radical (unpaired) electrons. The maximum absolute atomic E-state index is 10.4.